The number of unbranched alkanes of at least 4 members (excludes halogenated alkanes) is 6. The molecule has 0 fully saturated rings. The molecule has 0 aromatic rings. The van der Waals surface area contributed by atoms with Crippen molar-refractivity contribution in [3.63, 3.8) is 0 Å². The molecule has 0 amide bonds. The Bertz CT molecular complexity index is 269. The second-order valence-corrected chi connectivity index (χ2v) is 11.8. The molecule has 0 atom stereocenters. The van der Waals surface area contributed by atoms with E-state index in [0.717, 1.165) is 12.8 Å². The molecule has 0 aromatic heterocycles. The van der Waals surface area contributed by atoms with Crippen LogP contribution >= 0.6 is 0 Å². The van der Waals surface area contributed by atoms with Gasteiger partial charge in [0.15, 0.2) is 0 Å². The Morgan fingerprint density at radius 1 is 0.950 bits per heavy atom. The van der Waals surface area contributed by atoms with Crippen LogP contribution in [0.4, 0.5) is 4.79 Å². The molecule has 0 N–H and O–H groups in total. The van der Waals surface area contributed by atoms with Gasteiger partial charge in [-0.3, -0.25) is 0 Å². The summed E-state index contributed by atoms with van der Waals surface area (Å²) >= 11 is 0. The molecule has 0 aliphatic rings. The summed E-state index contributed by atoms with van der Waals surface area (Å²) in [6.45, 7) is 13.2. The average Bonchev–Trinajstić information content (AvgIpc) is 2.30. The molecule has 0 bridgehead atoms. The van der Waals surface area contributed by atoms with E-state index in [4.69, 9.17) is 9.16 Å². The molecule has 0 saturated heterocycles. The number of hydrogen-bond donors (Lipinski definition) is 0. The second-order valence-electron chi connectivity index (χ2n) is 7.08. The Morgan fingerprint density at radius 2 is 1.45 bits per heavy atom. The van der Waals surface area contributed by atoms with Gasteiger partial charge in [0.2, 0.25) is 0 Å². The van der Waals surface area contributed by atoms with Crippen LogP contribution in [0.5, 0.6) is 0 Å². The van der Waals surface area contributed by atoms with Crippen molar-refractivity contribution in [2.45, 2.75) is 90.8 Å². The van der Waals surface area contributed by atoms with Crippen molar-refractivity contribution in [3.8, 4) is 0 Å². The van der Waals surface area contributed by atoms with Gasteiger partial charge in [0.1, 0.15) is 0 Å². The lowest BCUT2D eigenvalue weighted by Crippen LogP contribution is -2.42. The first-order chi connectivity index (χ1) is 9.20. The molecule has 4 heteroatoms. The van der Waals surface area contributed by atoms with E-state index in [-0.39, 0.29) is 5.04 Å². The topological polar surface area (TPSA) is 35.5 Å². The van der Waals surface area contributed by atoms with E-state index in [0.29, 0.717) is 6.61 Å². The van der Waals surface area contributed by atoms with Crippen molar-refractivity contribution in [1.29, 1.82) is 0 Å². The number of ether oxygens (including phenoxy) is 1. The summed E-state index contributed by atoms with van der Waals surface area (Å²) in [4.78, 5) is 11.7. The molecule has 0 spiro atoms. The Morgan fingerprint density at radius 3 is 1.95 bits per heavy atom. The van der Waals surface area contributed by atoms with Crippen molar-refractivity contribution in [2.24, 2.45) is 0 Å². The van der Waals surface area contributed by atoms with Crippen molar-refractivity contribution in [1.82, 2.24) is 0 Å². The van der Waals surface area contributed by atoms with Crippen molar-refractivity contribution >= 4 is 14.5 Å². The molecular formula is C16H34O3Si. The molecule has 3 nitrogen and oxygen atoms in total. The monoisotopic (exact) mass is 302 g/mol. The smallest absolute Gasteiger partial charge is 0.489 e. The number of rotatable bonds is 9. The largest absolute Gasteiger partial charge is 0.494 e. The normalized spacial score (nSPS) is 12.3. The highest BCUT2D eigenvalue weighted by molar-refractivity contribution is 6.75. The zero-order valence-corrected chi connectivity index (χ0v) is 15.4. The molecule has 0 aliphatic heterocycles. The molecular weight excluding hydrogens is 268 g/mol. The number of carbonyl (C=O) groups excluding carboxylic acids is 1. The third kappa shape index (κ3) is 8.62. The minimum Gasteiger partial charge on any atom is -0.489 e. The van der Waals surface area contributed by atoms with E-state index in [2.05, 4.69) is 40.8 Å². The zero-order chi connectivity index (χ0) is 15.6. The highest BCUT2D eigenvalue weighted by atomic mass is 28.4. The van der Waals surface area contributed by atoms with Crippen LogP contribution in [0.2, 0.25) is 18.1 Å². The average molecular weight is 303 g/mol. The maximum atomic E-state index is 11.7. The van der Waals surface area contributed by atoms with Gasteiger partial charge in [-0.2, -0.15) is 0 Å². The van der Waals surface area contributed by atoms with Crippen LogP contribution in [-0.2, 0) is 9.16 Å². The van der Waals surface area contributed by atoms with Gasteiger partial charge < -0.3 is 9.16 Å². The zero-order valence-electron chi connectivity index (χ0n) is 14.4. The minimum absolute atomic E-state index is 0.0330. The lowest BCUT2D eigenvalue weighted by Gasteiger charge is -2.34. The Kier molecular flexibility index (Phi) is 9.19. The van der Waals surface area contributed by atoms with Gasteiger partial charge >= 0.3 is 6.16 Å². The van der Waals surface area contributed by atoms with Crippen LogP contribution in [-0.4, -0.2) is 21.1 Å². The van der Waals surface area contributed by atoms with E-state index in [1.807, 2.05) is 0 Å². The molecule has 0 unspecified atom stereocenters. The Balaban J connectivity index is 3.65. The fourth-order valence-corrected chi connectivity index (χ4v) is 2.39. The van der Waals surface area contributed by atoms with Gasteiger partial charge in [0.05, 0.1) is 6.61 Å². The molecule has 0 aromatic carbocycles. The molecule has 0 heterocycles. The minimum atomic E-state index is -2.03. The van der Waals surface area contributed by atoms with Crippen molar-refractivity contribution in [2.75, 3.05) is 6.61 Å². The summed E-state index contributed by atoms with van der Waals surface area (Å²) < 4.78 is 10.7. The third-order valence-corrected chi connectivity index (χ3v) is 8.40. The Hall–Kier alpha value is -0.513. The van der Waals surface area contributed by atoms with Crippen LogP contribution in [0.3, 0.4) is 0 Å². The first kappa shape index (κ1) is 19.5. The van der Waals surface area contributed by atoms with E-state index < -0.39 is 14.5 Å². The van der Waals surface area contributed by atoms with E-state index in [9.17, 15) is 4.79 Å². The third-order valence-electron chi connectivity index (χ3n) is 4.11. The first-order valence-electron chi connectivity index (χ1n) is 8.06. The molecule has 0 aliphatic carbocycles. The summed E-state index contributed by atoms with van der Waals surface area (Å²) in [5, 5.41) is 0.0330. The summed E-state index contributed by atoms with van der Waals surface area (Å²) in [6.07, 6.45) is 8.06. The van der Waals surface area contributed by atoms with Gasteiger partial charge in [0.25, 0.3) is 8.32 Å². The van der Waals surface area contributed by atoms with Crippen molar-refractivity contribution < 1.29 is 14.0 Å². The second kappa shape index (κ2) is 9.43. The SMILES string of the molecule is CCCCCCCCCOC(=O)O[Si](C)(C)C(C)(C)C. The maximum absolute atomic E-state index is 11.7. The molecule has 0 saturated carbocycles. The Labute approximate surface area is 126 Å². The number of hydrogen-bond acceptors (Lipinski definition) is 3. The van der Waals surface area contributed by atoms with Gasteiger partial charge in [-0.15, -0.1) is 0 Å². The van der Waals surface area contributed by atoms with Crippen LogP contribution in [0.25, 0.3) is 0 Å². The number of carbonyl (C=O) groups is 1. The summed E-state index contributed by atoms with van der Waals surface area (Å²) in [5.41, 5.74) is 0. The quantitative estimate of drug-likeness (QED) is 0.302. The highest BCUT2D eigenvalue weighted by Crippen LogP contribution is 2.36. The van der Waals surface area contributed by atoms with E-state index >= 15 is 0 Å². The van der Waals surface area contributed by atoms with Crippen molar-refractivity contribution in [3.05, 3.63) is 0 Å². The van der Waals surface area contributed by atoms with Crippen LogP contribution < -0.4 is 0 Å². The predicted octanol–water partition coefficient (Wildman–Crippen LogP) is 5.90. The summed E-state index contributed by atoms with van der Waals surface area (Å²) in [6, 6.07) is 0. The van der Waals surface area contributed by atoms with Gasteiger partial charge in [0, 0.05) is 0 Å². The summed E-state index contributed by atoms with van der Waals surface area (Å²) in [5.74, 6) is 0. The molecule has 20 heavy (non-hydrogen) atoms. The van der Waals surface area contributed by atoms with Crippen LogP contribution in [0.1, 0.15) is 72.6 Å². The lowest BCUT2D eigenvalue weighted by molar-refractivity contribution is 0.0928. The van der Waals surface area contributed by atoms with E-state index in [1.54, 1.807) is 0 Å². The van der Waals surface area contributed by atoms with Gasteiger partial charge in [-0.25, -0.2) is 4.79 Å². The van der Waals surface area contributed by atoms with Gasteiger partial charge in [-0.05, 0) is 24.6 Å². The van der Waals surface area contributed by atoms with Crippen LogP contribution in [0, 0.1) is 0 Å². The predicted molar refractivity (Wildman–Crippen MR) is 87.6 cm³/mol. The van der Waals surface area contributed by atoms with E-state index in [1.165, 1.54) is 32.1 Å². The molecule has 120 valence electrons. The summed E-state index contributed by atoms with van der Waals surface area (Å²) in [7, 11) is -2.03. The molecule has 0 radical (unpaired) electrons. The highest BCUT2D eigenvalue weighted by Gasteiger charge is 2.40. The fraction of sp³-hybridized carbons (Fsp3) is 0.938. The fourth-order valence-electron chi connectivity index (χ4n) is 1.61. The van der Waals surface area contributed by atoms with Gasteiger partial charge in [-0.1, -0.05) is 66.2 Å². The standard InChI is InChI=1S/C16H34O3Si/c1-7-8-9-10-11-12-13-14-18-15(17)19-20(5,6)16(2,3)4/h7-14H2,1-6H3. The van der Waals surface area contributed by atoms with Crippen LogP contribution in [0.15, 0.2) is 0 Å². The maximum Gasteiger partial charge on any atom is 0.494 e. The first-order valence-corrected chi connectivity index (χ1v) is 11.0. The molecule has 0 rings (SSSR count). The lowest BCUT2D eigenvalue weighted by atomic mass is 10.1.